The summed E-state index contributed by atoms with van der Waals surface area (Å²) in [4.78, 5) is 4.04. The molecule has 1 aliphatic heterocycles. The number of hydrogen-bond acceptors (Lipinski definition) is 5. The van der Waals surface area contributed by atoms with Gasteiger partial charge in [-0.25, -0.2) is 4.98 Å². The van der Waals surface area contributed by atoms with Gasteiger partial charge in [0.25, 0.3) is 0 Å². The summed E-state index contributed by atoms with van der Waals surface area (Å²) in [5.74, 6) is 2.68. The molecule has 0 unspecified atom stereocenters. The normalized spacial score (nSPS) is 13.1. The minimum Gasteiger partial charge on any atom is -0.454 e. The lowest BCUT2D eigenvalue weighted by Gasteiger charge is -1.98. The van der Waals surface area contributed by atoms with Crippen molar-refractivity contribution in [3.63, 3.8) is 0 Å². The average molecular weight is 218 g/mol. The molecule has 5 nitrogen and oxygen atoms in total. The van der Waals surface area contributed by atoms with Crippen LogP contribution in [0.4, 0.5) is 0 Å². The summed E-state index contributed by atoms with van der Waals surface area (Å²) in [7, 11) is 0. The van der Waals surface area contributed by atoms with Crippen LogP contribution >= 0.6 is 0 Å². The number of rotatable bonds is 2. The van der Waals surface area contributed by atoms with E-state index in [9.17, 15) is 0 Å². The maximum Gasteiger partial charge on any atom is 0.231 e. The fourth-order valence-electron chi connectivity index (χ4n) is 1.59. The minimum absolute atomic E-state index is 0.267. The Morgan fingerprint density at radius 2 is 2.12 bits per heavy atom. The molecule has 82 valence electrons. The zero-order valence-electron chi connectivity index (χ0n) is 8.47. The van der Waals surface area contributed by atoms with Gasteiger partial charge in [0.15, 0.2) is 17.3 Å². The van der Waals surface area contributed by atoms with Gasteiger partial charge in [-0.1, -0.05) is 0 Å². The van der Waals surface area contributed by atoms with Crippen LogP contribution in [0.5, 0.6) is 11.5 Å². The van der Waals surface area contributed by atoms with Crippen molar-refractivity contribution in [1.29, 1.82) is 0 Å². The summed E-state index contributed by atoms with van der Waals surface area (Å²) in [6, 6.07) is 5.61. The van der Waals surface area contributed by atoms with E-state index < -0.39 is 0 Å². The third-order valence-electron chi connectivity index (χ3n) is 2.39. The van der Waals surface area contributed by atoms with Crippen molar-refractivity contribution in [2.24, 2.45) is 5.73 Å². The zero-order chi connectivity index (χ0) is 11.0. The van der Waals surface area contributed by atoms with Crippen LogP contribution in [-0.4, -0.2) is 11.8 Å². The van der Waals surface area contributed by atoms with E-state index in [0.29, 0.717) is 18.2 Å². The van der Waals surface area contributed by atoms with Crippen molar-refractivity contribution in [3.05, 3.63) is 30.3 Å². The van der Waals surface area contributed by atoms with Crippen molar-refractivity contribution < 1.29 is 13.9 Å². The number of nitrogens with zero attached hydrogens (tertiary/aromatic N) is 1. The van der Waals surface area contributed by atoms with Gasteiger partial charge in [-0.15, -0.1) is 0 Å². The molecule has 16 heavy (non-hydrogen) atoms. The Labute approximate surface area is 91.8 Å². The Balaban J connectivity index is 2.00. The van der Waals surface area contributed by atoms with Gasteiger partial charge in [-0.05, 0) is 18.2 Å². The van der Waals surface area contributed by atoms with Crippen molar-refractivity contribution in [2.45, 2.75) is 6.54 Å². The lowest BCUT2D eigenvalue weighted by molar-refractivity contribution is 0.174. The third kappa shape index (κ3) is 1.42. The second-order valence-electron chi connectivity index (χ2n) is 3.39. The van der Waals surface area contributed by atoms with E-state index in [1.807, 2.05) is 18.2 Å². The minimum atomic E-state index is 0.267. The van der Waals surface area contributed by atoms with E-state index in [0.717, 1.165) is 17.1 Å². The van der Waals surface area contributed by atoms with E-state index in [2.05, 4.69) is 4.98 Å². The molecule has 0 aliphatic carbocycles. The van der Waals surface area contributed by atoms with Crippen molar-refractivity contribution in [2.75, 3.05) is 6.79 Å². The molecule has 2 aromatic rings. The van der Waals surface area contributed by atoms with E-state index in [-0.39, 0.29) is 6.79 Å². The molecule has 5 heteroatoms. The molecule has 1 aromatic heterocycles. The Hall–Kier alpha value is -2.01. The topological polar surface area (TPSA) is 70.5 Å². The third-order valence-corrected chi connectivity index (χ3v) is 2.39. The first kappa shape index (κ1) is 9.23. The lowest BCUT2D eigenvalue weighted by Crippen LogP contribution is -1.94. The summed E-state index contributed by atoms with van der Waals surface area (Å²) in [5.41, 5.74) is 6.33. The molecule has 1 aromatic carbocycles. The zero-order valence-corrected chi connectivity index (χ0v) is 8.47. The van der Waals surface area contributed by atoms with Crippen LogP contribution in [0.15, 0.2) is 28.8 Å². The highest BCUT2D eigenvalue weighted by Crippen LogP contribution is 2.35. The molecular formula is C11H10N2O3. The molecule has 0 atom stereocenters. The quantitative estimate of drug-likeness (QED) is 0.827. The molecule has 0 saturated carbocycles. The van der Waals surface area contributed by atoms with E-state index in [4.69, 9.17) is 19.6 Å². The fourth-order valence-corrected chi connectivity index (χ4v) is 1.59. The van der Waals surface area contributed by atoms with Crippen molar-refractivity contribution in [3.8, 4) is 22.8 Å². The Morgan fingerprint density at radius 1 is 1.25 bits per heavy atom. The van der Waals surface area contributed by atoms with Gasteiger partial charge in [0.05, 0.1) is 12.7 Å². The van der Waals surface area contributed by atoms with Crippen LogP contribution in [0.1, 0.15) is 5.89 Å². The average Bonchev–Trinajstić information content (AvgIpc) is 2.96. The highest BCUT2D eigenvalue weighted by atomic mass is 16.7. The van der Waals surface area contributed by atoms with Crippen LogP contribution in [0.3, 0.4) is 0 Å². The summed E-state index contributed by atoms with van der Waals surface area (Å²) in [6.45, 7) is 0.563. The highest BCUT2D eigenvalue weighted by molar-refractivity contribution is 5.62. The molecule has 0 bridgehead atoms. The molecule has 3 rings (SSSR count). The number of aromatic nitrogens is 1. The second kappa shape index (κ2) is 3.53. The van der Waals surface area contributed by atoms with E-state index in [1.54, 1.807) is 6.20 Å². The van der Waals surface area contributed by atoms with Gasteiger partial charge in [0.1, 0.15) is 0 Å². The first-order valence-electron chi connectivity index (χ1n) is 4.91. The summed E-state index contributed by atoms with van der Waals surface area (Å²) in [5, 5.41) is 0. The fraction of sp³-hybridized carbons (Fsp3) is 0.182. The predicted molar refractivity (Wildman–Crippen MR) is 56.0 cm³/mol. The first-order valence-corrected chi connectivity index (χ1v) is 4.91. The molecule has 2 N–H and O–H groups in total. The van der Waals surface area contributed by atoms with Crippen LogP contribution in [0, 0.1) is 0 Å². The van der Waals surface area contributed by atoms with Crippen LogP contribution in [-0.2, 0) is 6.54 Å². The number of fused-ring (bicyclic) bond motifs is 1. The summed E-state index contributed by atoms with van der Waals surface area (Å²) >= 11 is 0. The smallest absolute Gasteiger partial charge is 0.231 e. The van der Waals surface area contributed by atoms with Crippen LogP contribution in [0.2, 0.25) is 0 Å². The number of oxazole rings is 1. The lowest BCUT2D eigenvalue weighted by atomic mass is 10.1. The summed E-state index contributed by atoms with van der Waals surface area (Å²) in [6.07, 6.45) is 1.65. The highest BCUT2D eigenvalue weighted by Gasteiger charge is 2.15. The van der Waals surface area contributed by atoms with Crippen molar-refractivity contribution in [1.82, 2.24) is 4.98 Å². The van der Waals surface area contributed by atoms with Gasteiger partial charge in [-0.2, -0.15) is 0 Å². The van der Waals surface area contributed by atoms with Crippen LogP contribution < -0.4 is 15.2 Å². The Morgan fingerprint density at radius 3 is 2.94 bits per heavy atom. The SMILES string of the molecule is NCc1ncc(-c2ccc3c(c2)OCO3)o1. The monoisotopic (exact) mass is 218 g/mol. The molecular weight excluding hydrogens is 208 g/mol. The van der Waals surface area contributed by atoms with E-state index in [1.165, 1.54) is 0 Å². The molecule has 1 aliphatic rings. The molecule has 0 spiro atoms. The van der Waals surface area contributed by atoms with E-state index >= 15 is 0 Å². The molecule has 0 saturated heterocycles. The maximum absolute atomic E-state index is 5.45. The summed E-state index contributed by atoms with van der Waals surface area (Å²) < 4.78 is 16.0. The predicted octanol–water partition coefficient (Wildman–Crippen LogP) is 1.53. The molecule has 2 heterocycles. The van der Waals surface area contributed by atoms with Gasteiger partial charge in [-0.3, -0.25) is 0 Å². The molecule has 0 radical (unpaired) electrons. The van der Waals surface area contributed by atoms with Gasteiger partial charge < -0.3 is 19.6 Å². The molecule has 0 amide bonds. The van der Waals surface area contributed by atoms with Gasteiger partial charge >= 0.3 is 0 Å². The van der Waals surface area contributed by atoms with Gasteiger partial charge in [0, 0.05) is 5.56 Å². The number of nitrogens with two attached hydrogens (primary N) is 1. The van der Waals surface area contributed by atoms with Crippen LogP contribution in [0.25, 0.3) is 11.3 Å². The Kier molecular flexibility index (Phi) is 2.04. The number of benzene rings is 1. The Bertz CT molecular complexity index is 522. The maximum atomic E-state index is 5.45. The standard InChI is InChI=1S/C11H10N2O3/c12-4-11-13-5-10(16-11)7-1-2-8-9(3-7)15-6-14-8/h1-3,5H,4,6,12H2. The first-order chi connectivity index (χ1) is 7.86. The largest absolute Gasteiger partial charge is 0.454 e. The van der Waals surface area contributed by atoms with Gasteiger partial charge in [0.2, 0.25) is 12.7 Å². The second-order valence-corrected chi connectivity index (χ2v) is 3.39. The number of ether oxygens (including phenoxy) is 2. The number of hydrogen-bond donors (Lipinski definition) is 1. The molecule has 0 fully saturated rings. The van der Waals surface area contributed by atoms with Crippen molar-refractivity contribution >= 4 is 0 Å².